The number of para-hydroxylation sites is 5. The lowest BCUT2D eigenvalue weighted by atomic mass is 10.0. The summed E-state index contributed by atoms with van der Waals surface area (Å²) in [5.74, 6) is 0.668. The standard InChI is InChI=1S/C52H31N3O2/c1-3-14-32(15-4-1)43-31-44(54-52(53-43)33-16-5-2-6-17-33)41-24-12-22-39-40-23-13-26-47(51(40)57-50(39)41)55-45-25-9-7-18-36(45)42-30-34(28-29-46(42)55)35-20-11-21-38-37-19-8-10-27-48(37)56-49(35)38/h1-31H. The predicted molar refractivity (Wildman–Crippen MR) is 233 cm³/mol. The van der Waals surface area contributed by atoms with Crippen molar-refractivity contribution in [2.75, 3.05) is 0 Å². The number of rotatable bonds is 5. The maximum absolute atomic E-state index is 7.06. The second-order valence-electron chi connectivity index (χ2n) is 14.5. The third-order valence-electron chi connectivity index (χ3n) is 11.2. The van der Waals surface area contributed by atoms with E-state index in [1.165, 1.54) is 5.39 Å². The normalized spacial score (nSPS) is 11.9. The molecule has 4 heterocycles. The molecule has 266 valence electrons. The number of hydrogen-bond donors (Lipinski definition) is 0. The summed E-state index contributed by atoms with van der Waals surface area (Å²) in [6.45, 7) is 0. The lowest BCUT2D eigenvalue weighted by Crippen LogP contribution is -1.96. The van der Waals surface area contributed by atoms with E-state index < -0.39 is 0 Å². The molecule has 4 aromatic heterocycles. The minimum absolute atomic E-state index is 0.668. The van der Waals surface area contributed by atoms with Gasteiger partial charge in [0.2, 0.25) is 0 Å². The third kappa shape index (κ3) is 4.89. The van der Waals surface area contributed by atoms with Gasteiger partial charge in [-0.25, -0.2) is 9.97 Å². The SMILES string of the molecule is c1ccc(-c2cc(-c3cccc4c3oc3c(-n5c6ccccc6c6cc(-c7cccc8c7oc7ccccc78)ccc65)cccc34)nc(-c3ccccc3)n2)cc1. The molecule has 0 aliphatic carbocycles. The zero-order chi connectivity index (χ0) is 37.5. The average molecular weight is 730 g/mol. The minimum Gasteiger partial charge on any atom is -0.455 e. The predicted octanol–water partition coefficient (Wildman–Crippen LogP) is 14.0. The smallest absolute Gasteiger partial charge is 0.160 e. The zero-order valence-electron chi connectivity index (χ0n) is 30.6. The molecule has 0 N–H and O–H groups in total. The van der Waals surface area contributed by atoms with Crippen LogP contribution in [-0.2, 0) is 0 Å². The summed E-state index contributed by atoms with van der Waals surface area (Å²) in [4.78, 5) is 10.2. The lowest BCUT2D eigenvalue weighted by Gasteiger charge is -2.10. The van der Waals surface area contributed by atoms with Gasteiger partial charge in [0, 0.05) is 54.6 Å². The third-order valence-corrected chi connectivity index (χ3v) is 11.2. The molecule has 0 spiro atoms. The van der Waals surface area contributed by atoms with Crippen LogP contribution >= 0.6 is 0 Å². The molecule has 0 saturated carbocycles. The summed E-state index contributed by atoms with van der Waals surface area (Å²) < 4.78 is 15.9. The molecule has 0 aliphatic rings. The van der Waals surface area contributed by atoms with Gasteiger partial charge in [-0.05, 0) is 48.0 Å². The van der Waals surface area contributed by atoms with Gasteiger partial charge in [0.05, 0.1) is 28.1 Å². The highest BCUT2D eigenvalue weighted by molar-refractivity contribution is 6.16. The van der Waals surface area contributed by atoms with Gasteiger partial charge in [0.1, 0.15) is 16.7 Å². The van der Waals surface area contributed by atoms with Crippen molar-refractivity contribution in [3.05, 3.63) is 188 Å². The number of aromatic nitrogens is 3. The number of fused-ring (bicyclic) bond motifs is 9. The first-order valence-corrected chi connectivity index (χ1v) is 19.2. The highest BCUT2D eigenvalue weighted by Gasteiger charge is 2.21. The number of nitrogens with zero attached hydrogens (tertiary/aromatic N) is 3. The largest absolute Gasteiger partial charge is 0.455 e. The van der Waals surface area contributed by atoms with Crippen LogP contribution < -0.4 is 0 Å². The molecule has 57 heavy (non-hydrogen) atoms. The summed E-state index contributed by atoms with van der Waals surface area (Å²) in [6, 6.07) is 65.3. The van der Waals surface area contributed by atoms with Crippen molar-refractivity contribution in [1.29, 1.82) is 0 Å². The van der Waals surface area contributed by atoms with Gasteiger partial charge in [0.15, 0.2) is 11.4 Å². The van der Waals surface area contributed by atoms with Gasteiger partial charge in [-0.2, -0.15) is 0 Å². The van der Waals surface area contributed by atoms with E-state index in [9.17, 15) is 0 Å². The highest BCUT2D eigenvalue weighted by Crippen LogP contribution is 2.43. The van der Waals surface area contributed by atoms with Crippen LogP contribution in [0.4, 0.5) is 0 Å². The fourth-order valence-electron chi connectivity index (χ4n) is 8.62. The van der Waals surface area contributed by atoms with Crippen molar-refractivity contribution in [3.8, 4) is 50.7 Å². The molecule has 0 amide bonds. The van der Waals surface area contributed by atoms with E-state index in [2.05, 4.69) is 144 Å². The van der Waals surface area contributed by atoms with Crippen molar-refractivity contribution in [2.24, 2.45) is 0 Å². The fourth-order valence-corrected chi connectivity index (χ4v) is 8.62. The summed E-state index contributed by atoms with van der Waals surface area (Å²) >= 11 is 0. The van der Waals surface area contributed by atoms with E-state index >= 15 is 0 Å². The molecule has 0 bridgehead atoms. The van der Waals surface area contributed by atoms with Crippen molar-refractivity contribution >= 4 is 65.7 Å². The van der Waals surface area contributed by atoms with E-state index in [1.54, 1.807) is 0 Å². The second kappa shape index (κ2) is 12.4. The van der Waals surface area contributed by atoms with Crippen LogP contribution in [0.25, 0.3) is 116 Å². The van der Waals surface area contributed by atoms with E-state index in [4.69, 9.17) is 18.8 Å². The molecule has 5 heteroatoms. The van der Waals surface area contributed by atoms with Gasteiger partial charge in [0.25, 0.3) is 0 Å². The van der Waals surface area contributed by atoms with Crippen molar-refractivity contribution in [3.63, 3.8) is 0 Å². The maximum Gasteiger partial charge on any atom is 0.160 e. The maximum atomic E-state index is 7.06. The molecule has 0 atom stereocenters. The van der Waals surface area contributed by atoms with E-state index in [0.29, 0.717) is 5.82 Å². The molecule has 0 saturated heterocycles. The van der Waals surface area contributed by atoms with Gasteiger partial charge >= 0.3 is 0 Å². The first-order chi connectivity index (χ1) is 28.3. The Kier molecular flexibility index (Phi) is 6.86. The first kappa shape index (κ1) is 31.6. The van der Waals surface area contributed by atoms with Gasteiger partial charge < -0.3 is 13.4 Å². The molecule has 0 radical (unpaired) electrons. The van der Waals surface area contributed by atoms with Crippen molar-refractivity contribution < 1.29 is 8.83 Å². The van der Waals surface area contributed by atoms with E-state index in [0.717, 1.165) is 105 Å². The Morgan fingerprint density at radius 1 is 0.351 bits per heavy atom. The number of furan rings is 2. The number of benzene rings is 8. The summed E-state index contributed by atoms with van der Waals surface area (Å²) in [5.41, 5.74) is 13.3. The second-order valence-corrected chi connectivity index (χ2v) is 14.5. The van der Waals surface area contributed by atoms with E-state index in [-0.39, 0.29) is 0 Å². The Morgan fingerprint density at radius 2 is 0.947 bits per heavy atom. The summed E-state index contributed by atoms with van der Waals surface area (Å²) in [5, 5.41) is 6.66. The van der Waals surface area contributed by atoms with Crippen LogP contribution in [0.1, 0.15) is 0 Å². The fraction of sp³-hybridized carbons (Fsp3) is 0. The molecule has 8 aromatic carbocycles. The molecule has 12 rings (SSSR count). The van der Waals surface area contributed by atoms with Crippen LogP contribution in [0.5, 0.6) is 0 Å². The summed E-state index contributed by atoms with van der Waals surface area (Å²) in [7, 11) is 0. The molecule has 0 aliphatic heterocycles. The van der Waals surface area contributed by atoms with Gasteiger partial charge in [-0.1, -0.05) is 146 Å². The first-order valence-electron chi connectivity index (χ1n) is 19.2. The Bertz CT molecular complexity index is 3460. The average Bonchev–Trinajstić information content (AvgIpc) is 3.96. The zero-order valence-corrected chi connectivity index (χ0v) is 30.6. The molecular weight excluding hydrogens is 699 g/mol. The van der Waals surface area contributed by atoms with Crippen molar-refractivity contribution in [1.82, 2.24) is 14.5 Å². The molecule has 5 nitrogen and oxygen atoms in total. The lowest BCUT2D eigenvalue weighted by molar-refractivity contribution is 0.667. The summed E-state index contributed by atoms with van der Waals surface area (Å²) in [6.07, 6.45) is 0. The molecular formula is C52H31N3O2. The minimum atomic E-state index is 0.668. The molecule has 0 fully saturated rings. The van der Waals surface area contributed by atoms with Crippen LogP contribution in [0.3, 0.4) is 0 Å². The van der Waals surface area contributed by atoms with Crippen LogP contribution in [0.15, 0.2) is 197 Å². The van der Waals surface area contributed by atoms with Gasteiger partial charge in [-0.3, -0.25) is 0 Å². The number of hydrogen-bond acceptors (Lipinski definition) is 4. The topological polar surface area (TPSA) is 57.0 Å². The molecule has 12 aromatic rings. The Morgan fingerprint density at radius 3 is 1.77 bits per heavy atom. The Hall–Kier alpha value is -7.76. The highest BCUT2D eigenvalue weighted by atomic mass is 16.3. The quantitative estimate of drug-likeness (QED) is 0.177. The van der Waals surface area contributed by atoms with Gasteiger partial charge in [-0.15, -0.1) is 0 Å². The monoisotopic (exact) mass is 729 g/mol. The van der Waals surface area contributed by atoms with Crippen LogP contribution in [0, 0.1) is 0 Å². The van der Waals surface area contributed by atoms with E-state index in [1.807, 2.05) is 48.5 Å². The Labute approximate surface area is 326 Å². The Balaban J connectivity index is 1.06. The van der Waals surface area contributed by atoms with Crippen molar-refractivity contribution in [2.45, 2.75) is 0 Å². The van der Waals surface area contributed by atoms with Crippen LogP contribution in [-0.4, -0.2) is 14.5 Å². The molecule has 0 unspecified atom stereocenters. The van der Waals surface area contributed by atoms with Crippen LogP contribution in [0.2, 0.25) is 0 Å².